The molecule has 9 nitrogen and oxygen atoms in total. The van der Waals surface area contributed by atoms with Gasteiger partial charge in [-0.25, -0.2) is 9.59 Å². The summed E-state index contributed by atoms with van der Waals surface area (Å²) >= 11 is 0. The van der Waals surface area contributed by atoms with Crippen LogP contribution >= 0.6 is 0 Å². The Balaban J connectivity index is 1.54. The molecule has 12 heteroatoms. The fourth-order valence-corrected chi connectivity index (χ4v) is 5.53. The van der Waals surface area contributed by atoms with Gasteiger partial charge in [0, 0.05) is 26.2 Å². The smallest absolute Gasteiger partial charge is 0.416 e. The normalized spacial score (nSPS) is 22.3. The number of methoxy groups -OCH3 is 2. The van der Waals surface area contributed by atoms with E-state index in [1.807, 2.05) is 0 Å². The third kappa shape index (κ3) is 9.25. The molecule has 0 N–H and O–H groups in total. The first-order chi connectivity index (χ1) is 21.1. The fraction of sp³-hybridized carbons (Fsp3) is 0.562. The van der Waals surface area contributed by atoms with E-state index in [9.17, 15) is 22.8 Å². The number of ether oxygens (including phenoxy) is 5. The quantitative estimate of drug-likeness (QED) is 0.418. The summed E-state index contributed by atoms with van der Waals surface area (Å²) in [5, 5.41) is 0. The molecule has 3 atom stereocenters. The van der Waals surface area contributed by atoms with Gasteiger partial charge in [0.05, 0.1) is 44.1 Å². The second-order valence-electron chi connectivity index (χ2n) is 11.1. The average molecular weight is 623 g/mol. The number of hydrogen-bond donors (Lipinski definition) is 0. The van der Waals surface area contributed by atoms with E-state index >= 15 is 0 Å². The summed E-state index contributed by atoms with van der Waals surface area (Å²) in [6, 6.07) is 6.35. The number of esters is 2. The molecule has 0 saturated carbocycles. The number of carbonyl (C=O) groups excluding carboxylic acids is 2. The van der Waals surface area contributed by atoms with Crippen molar-refractivity contribution in [2.75, 3.05) is 66.7 Å². The summed E-state index contributed by atoms with van der Waals surface area (Å²) in [5.41, 5.74) is -0.424. The number of aryl methyl sites for hydroxylation is 1. The zero-order valence-electron chi connectivity index (χ0n) is 25.5. The van der Waals surface area contributed by atoms with Gasteiger partial charge in [-0.1, -0.05) is 0 Å². The zero-order valence-corrected chi connectivity index (χ0v) is 25.5. The molecular weight excluding hydrogens is 581 g/mol. The number of alkyl halides is 3. The molecule has 1 saturated heterocycles. The van der Waals surface area contributed by atoms with E-state index in [0.717, 1.165) is 51.3 Å². The molecule has 0 aliphatic carbocycles. The first kappa shape index (κ1) is 33.4. The second-order valence-corrected chi connectivity index (χ2v) is 11.1. The van der Waals surface area contributed by atoms with E-state index in [1.165, 1.54) is 27.2 Å². The van der Waals surface area contributed by atoms with Gasteiger partial charge in [-0.2, -0.15) is 13.2 Å². The summed E-state index contributed by atoms with van der Waals surface area (Å²) in [6.07, 6.45) is -2.04. The van der Waals surface area contributed by atoms with E-state index in [1.54, 1.807) is 12.1 Å². The van der Waals surface area contributed by atoms with Crippen LogP contribution in [-0.2, 0) is 15.7 Å². The molecule has 0 aromatic heterocycles. The van der Waals surface area contributed by atoms with Crippen LogP contribution in [-0.4, -0.2) is 94.5 Å². The molecular formula is C32H41F3N2O7. The van der Waals surface area contributed by atoms with Gasteiger partial charge in [0.25, 0.3) is 0 Å². The van der Waals surface area contributed by atoms with Crippen LogP contribution in [0.25, 0.3) is 0 Å². The minimum absolute atomic E-state index is 0.130. The van der Waals surface area contributed by atoms with Gasteiger partial charge in [-0.3, -0.25) is 0 Å². The summed E-state index contributed by atoms with van der Waals surface area (Å²) in [5.74, 6) is -0.335. The van der Waals surface area contributed by atoms with E-state index in [4.69, 9.17) is 23.7 Å². The Hall–Kier alpha value is -3.51. The van der Waals surface area contributed by atoms with Crippen molar-refractivity contribution in [1.82, 2.24) is 9.80 Å². The van der Waals surface area contributed by atoms with Crippen molar-refractivity contribution in [1.29, 1.82) is 0 Å². The molecule has 2 aliphatic rings. The van der Waals surface area contributed by atoms with Crippen LogP contribution in [0.2, 0.25) is 0 Å². The highest BCUT2D eigenvalue weighted by Crippen LogP contribution is 2.39. The van der Waals surface area contributed by atoms with Crippen molar-refractivity contribution in [3.63, 3.8) is 0 Å². The van der Waals surface area contributed by atoms with Crippen molar-refractivity contribution < 1.29 is 46.4 Å². The Kier molecular flexibility index (Phi) is 11.7. The molecule has 44 heavy (non-hydrogen) atoms. The van der Waals surface area contributed by atoms with Gasteiger partial charge in [0.1, 0.15) is 6.10 Å². The van der Waals surface area contributed by atoms with Gasteiger partial charge < -0.3 is 33.5 Å². The van der Waals surface area contributed by atoms with Gasteiger partial charge in [0.15, 0.2) is 11.5 Å². The highest BCUT2D eigenvalue weighted by atomic mass is 19.4. The molecule has 2 aliphatic heterocycles. The van der Waals surface area contributed by atoms with Crippen LogP contribution < -0.4 is 14.2 Å². The number of halogens is 3. The Labute approximate surface area is 256 Å². The fourth-order valence-electron chi connectivity index (χ4n) is 5.53. The SMILES string of the molecule is COc1cc2cc(c1OC)OCCCC(OC(=O)c1cc(C)cc(C(F)(F)F)c1)CCN1CCCN(CCCOC2=O)CC1. The lowest BCUT2D eigenvalue weighted by molar-refractivity contribution is -0.137. The standard InChI is InChI=1S/C32H41F3N2O7/c1-22-17-23(19-25(18-22)32(33,34)35)31(39)44-26-7-4-15-42-28-21-24(20-27(40-2)29(28)41-3)30(38)43-16-6-11-36-9-5-10-37(12-8-26)14-13-36/h17-21,26H,4-16H2,1-3H3. The van der Waals surface area contributed by atoms with Gasteiger partial charge in [0.2, 0.25) is 5.75 Å². The lowest BCUT2D eigenvalue weighted by Crippen LogP contribution is -2.34. The summed E-state index contributed by atoms with van der Waals surface area (Å²) in [7, 11) is 2.93. The van der Waals surface area contributed by atoms with Crippen LogP contribution in [0.5, 0.6) is 17.2 Å². The molecule has 0 radical (unpaired) electrons. The predicted octanol–water partition coefficient (Wildman–Crippen LogP) is 5.37. The average Bonchev–Trinajstić information content (AvgIpc) is 3.23. The van der Waals surface area contributed by atoms with Crippen molar-refractivity contribution >= 4 is 11.9 Å². The van der Waals surface area contributed by atoms with E-state index < -0.39 is 29.8 Å². The number of fused-ring (bicyclic) bond motifs is 5. The first-order valence-electron chi connectivity index (χ1n) is 15.0. The maximum Gasteiger partial charge on any atom is 0.416 e. The van der Waals surface area contributed by atoms with Crippen molar-refractivity contribution in [2.45, 2.75) is 51.3 Å². The van der Waals surface area contributed by atoms with Crippen LogP contribution in [0, 0.1) is 6.92 Å². The number of hydrogen-bond acceptors (Lipinski definition) is 9. The molecule has 242 valence electrons. The third-order valence-corrected chi connectivity index (χ3v) is 7.82. The molecule has 2 aromatic rings. The maximum absolute atomic E-state index is 13.4. The Morgan fingerprint density at radius 2 is 1.55 bits per heavy atom. The van der Waals surface area contributed by atoms with E-state index in [2.05, 4.69) is 9.80 Å². The summed E-state index contributed by atoms with van der Waals surface area (Å²) in [4.78, 5) is 30.6. The molecule has 0 spiro atoms. The number of carbonyl (C=O) groups is 2. The van der Waals surface area contributed by atoms with E-state index in [-0.39, 0.29) is 24.3 Å². The third-order valence-electron chi connectivity index (χ3n) is 7.82. The predicted molar refractivity (Wildman–Crippen MR) is 157 cm³/mol. The van der Waals surface area contributed by atoms with Gasteiger partial charge in [-0.15, -0.1) is 0 Å². The molecule has 1 fully saturated rings. The van der Waals surface area contributed by atoms with E-state index in [0.29, 0.717) is 55.0 Å². The molecule has 4 rings (SSSR count). The highest BCUT2D eigenvalue weighted by molar-refractivity contribution is 5.91. The number of nitrogens with zero attached hydrogens (tertiary/aromatic N) is 2. The lowest BCUT2D eigenvalue weighted by Gasteiger charge is -2.25. The Morgan fingerprint density at radius 3 is 2.25 bits per heavy atom. The van der Waals surface area contributed by atoms with Crippen LogP contribution in [0.15, 0.2) is 30.3 Å². The topological polar surface area (TPSA) is 86.8 Å². The van der Waals surface area contributed by atoms with Crippen LogP contribution in [0.3, 0.4) is 0 Å². The van der Waals surface area contributed by atoms with Gasteiger partial charge in [-0.05, 0) is 88.0 Å². The van der Waals surface area contributed by atoms with Crippen molar-refractivity contribution in [3.8, 4) is 17.2 Å². The van der Waals surface area contributed by atoms with Crippen molar-refractivity contribution in [3.05, 3.63) is 52.6 Å². The molecule has 3 unspecified atom stereocenters. The maximum atomic E-state index is 13.4. The molecule has 4 bridgehead atoms. The van der Waals surface area contributed by atoms with Crippen molar-refractivity contribution in [2.24, 2.45) is 0 Å². The first-order valence-corrected chi connectivity index (χ1v) is 15.0. The number of cyclic esters (lactones) is 1. The highest BCUT2D eigenvalue weighted by Gasteiger charge is 2.32. The van der Waals surface area contributed by atoms with Crippen LogP contribution in [0.1, 0.15) is 63.9 Å². The second kappa shape index (κ2) is 15.5. The Morgan fingerprint density at radius 1 is 0.841 bits per heavy atom. The molecule has 2 aromatic carbocycles. The minimum Gasteiger partial charge on any atom is -0.493 e. The summed E-state index contributed by atoms with van der Waals surface area (Å²) < 4.78 is 68.5. The van der Waals surface area contributed by atoms with Gasteiger partial charge >= 0.3 is 18.1 Å². The minimum atomic E-state index is -4.57. The zero-order chi connectivity index (χ0) is 31.7. The number of benzene rings is 2. The number of rotatable bonds is 4. The Bertz CT molecular complexity index is 1290. The largest absolute Gasteiger partial charge is 0.493 e. The lowest BCUT2D eigenvalue weighted by atomic mass is 10.1. The molecule has 0 amide bonds. The van der Waals surface area contributed by atoms with Crippen LogP contribution in [0.4, 0.5) is 13.2 Å². The monoisotopic (exact) mass is 622 g/mol. The molecule has 2 heterocycles. The summed E-state index contributed by atoms with van der Waals surface area (Å²) in [6.45, 7) is 6.97.